The van der Waals surface area contributed by atoms with Gasteiger partial charge in [-0.3, -0.25) is 0 Å². The van der Waals surface area contributed by atoms with Gasteiger partial charge >= 0.3 is 0 Å². The summed E-state index contributed by atoms with van der Waals surface area (Å²) >= 11 is 0. The molecule has 2 rings (SSSR count). The van der Waals surface area contributed by atoms with E-state index in [2.05, 4.69) is 24.1 Å². The van der Waals surface area contributed by atoms with Crippen LogP contribution in [0.2, 0.25) is 0 Å². The fourth-order valence-corrected chi connectivity index (χ4v) is 3.16. The lowest BCUT2D eigenvalue weighted by Crippen LogP contribution is -2.46. The first-order valence-corrected chi connectivity index (χ1v) is 7.85. The monoisotopic (exact) mass is 254 g/mol. The van der Waals surface area contributed by atoms with E-state index in [-0.39, 0.29) is 0 Å². The van der Waals surface area contributed by atoms with E-state index < -0.39 is 0 Å². The number of hydrogen-bond acceptors (Lipinski definition) is 3. The molecule has 0 spiro atoms. The molecule has 3 nitrogen and oxygen atoms in total. The molecule has 2 saturated heterocycles. The van der Waals surface area contributed by atoms with Gasteiger partial charge in [-0.1, -0.05) is 13.8 Å². The van der Waals surface area contributed by atoms with E-state index in [0.717, 1.165) is 19.1 Å². The first-order valence-electron chi connectivity index (χ1n) is 7.85. The van der Waals surface area contributed by atoms with Crippen molar-refractivity contribution < 1.29 is 4.74 Å². The number of nitrogens with zero attached hydrogens (tertiary/aromatic N) is 1. The smallest absolute Gasteiger partial charge is 0.0702 e. The van der Waals surface area contributed by atoms with Gasteiger partial charge in [-0.05, 0) is 51.1 Å². The van der Waals surface area contributed by atoms with Crippen molar-refractivity contribution in [3.8, 4) is 0 Å². The lowest BCUT2D eigenvalue weighted by atomic mass is 10.0. The summed E-state index contributed by atoms with van der Waals surface area (Å²) in [6.07, 6.45) is 6.91. The summed E-state index contributed by atoms with van der Waals surface area (Å²) in [5.41, 5.74) is 0. The predicted molar refractivity (Wildman–Crippen MR) is 75.9 cm³/mol. The Morgan fingerprint density at radius 2 is 2.17 bits per heavy atom. The van der Waals surface area contributed by atoms with E-state index in [1.807, 2.05) is 0 Å². The van der Waals surface area contributed by atoms with Crippen LogP contribution in [0.4, 0.5) is 0 Å². The molecule has 2 aliphatic heterocycles. The Hall–Kier alpha value is -0.120. The molecule has 0 aromatic carbocycles. The SMILES string of the molecule is CCC1CCN(CC2CCCCO2)CC(C)CN1. The molecule has 3 atom stereocenters. The van der Waals surface area contributed by atoms with Gasteiger partial charge in [-0.25, -0.2) is 0 Å². The predicted octanol–water partition coefficient (Wildman–Crippen LogP) is 2.27. The molecule has 18 heavy (non-hydrogen) atoms. The van der Waals surface area contributed by atoms with Crippen LogP contribution < -0.4 is 5.32 Å². The molecular formula is C15H30N2O. The van der Waals surface area contributed by atoms with Crippen molar-refractivity contribution in [2.45, 2.75) is 58.1 Å². The zero-order chi connectivity index (χ0) is 12.8. The van der Waals surface area contributed by atoms with Crippen LogP contribution in [0.15, 0.2) is 0 Å². The van der Waals surface area contributed by atoms with Crippen molar-refractivity contribution in [2.75, 3.05) is 32.8 Å². The summed E-state index contributed by atoms with van der Waals surface area (Å²) in [5.74, 6) is 0.753. The van der Waals surface area contributed by atoms with Crippen molar-refractivity contribution >= 4 is 0 Å². The molecule has 1 N–H and O–H groups in total. The molecule has 0 bridgehead atoms. The Morgan fingerprint density at radius 3 is 2.89 bits per heavy atom. The van der Waals surface area contributed by atoms with Crippen LogP contribution in [-0.4, -0.2) is 49.8 Å². The fraction of sp³-hybridized carbons (Fsp3) is 1.00. The maximum absolute atomic E-state index is 5.88. The van der Waals surface area contributed by atoms with Crippen molar-refractivity contribution in [1.82, 2.24) is 10.2 Å². The highest BCUT2D eigenvalue weighted by Gasteiger charge is 2.22. The van der Waals surface area contributed by atoms with Crippen molar-refractivity contribution in [3.63, 3.8) is 0 Å². The van der Waals surface area contributed by atoms with Crippen LogP contribution in [0.1, 0.15) is 46.0 Å². The highest BCUT2D eigenvalue weighted by atomic mass is 16.5. The third kappa shape index (κ3) is 4.52. The summed E-state index contributed by atoms with van der Waals surface area (Å²) in [6.45, 7) is 10.4. The van der Waals surface area contributed by atoms with Crippen molar-refractivity contribution in [3.05, 3.63) is 0 Å². The maximum Gasteiger partial charge on any atom is 0.0702 e. The van der Waals surface area contributed by atoms with Gasteiger partial charge in [0.2, 0.25) is 0 Å². The van der Waals surface area contributed by atoms with Gasteiger partial charge in [0.15, 0.2) is 0 Å². The summed E-state index contributed by atoms with van der Waals surface area (Å²) in [4.78, 5) is 2.64. The minimum atomic E-state index is 0.499. The summed E-state index contributed by atoms with van der Waals surface area (Å²) < 4.78 is 5.88. The quantitative estimate of drug-likeness (QED) is 0.836. The second kappa shape index (κ2) is 7.46. The molecule has 0 radical (unpaired) electrons. The molecule has 3 unspecified atom stereocenters. The molecule has 0 aromatic rings. The molecule has 0 amide bonds. The van der Waals surface area contributed by atoms with Crippen LogP contribution in [0.3, 0.4) is 0 Å². The second-order valence-electron chi connectivity index (χ2n) is 6.16. The number of rotatable bonds is 3. The highest BCUT2D eigenvalue weighted by molar-refractivity contribution is 4.78. The average molecular weight is 254 g/mol. The van der Waals surface area contributed by atoms with Gasteiger partial charge in [-0.15, -0.1) is 0 Å². The van der Waals surface area contributed by atoms with Crippen LogP contribution in [0.5, 0.6) is 0 Å². The molecule has 3 heteroatoms. The van der Waals surface area contributed by atoms with Gasteiger partial charge in [0.1, 0.15) is 0 Å². The highest BCUT2D eigenvalue weighted by Crippen LogP contribution is 2.16. The summed E-state index contributed by atoms with van der Waals surface area (Å²) in [7, 11) is 0. The Labute approximate surface area is 112 Å². The van der Waals surface area contributed by atoms with Gasteiger partial charge < -0.3 is 15.0 Å². The van der Waals surface area contributed by atoms with Crippen LogP contribution in [0.25, 0.3) is 0 Å². The van der Waals surface area contributed by atoms with Gasteiger partial charge in [0.05, 0.1) is 6.10 Å². The first-order chi connectivity index (χ1) is 8.78. The van der Waals surface area contributed by atoms with Gasteiger partial charge in [0, 0.05) is 25.7 Å². The van der Waals surface area contributed by atoms with E-state index in [9.17, 15) is 0 Å². The largest absolute Gasteiger partial charge is 0.377 e. The topological polar surface area (TPSA) is 24.5 Å². The van der Waals surface area contributed by atoms with E-state index in [1.165, 1.54) is 51.7 Å². The number of nitrogens with one attached hydrogen (secondary N) is 1. The Morgan fingerprint density at radius 1 is 1.28 bits per heavy atom. The summed E-state index contributed by atoms with van der Waals surface area (Å²) in [6, 6.07) is 0.711. The fourth-order valence-electron chi connectivity index (χ4n) is 3.16. The Kier molecular flexibility index (Phi) is 5.93. The Bertz CT molecular complexity index is 229. The van der Waals surface area contributed by atoms with Crippen molar-refractivity contribution in [2.24, 2.45) is 5.92 Å². The van der Waals surface area contributed by atoms with Gasteiger partial charge in [0.25, 0.3) is 0 Å². The second-order valence-corrected chi connectivity index (χ2v) is 6.16. The average Bonchev–Trinajstić information content (AvgIpc) is 2.37. The Balaban J connectivity index is 1.81. The third-order valence-corrected chi connectivity index (χ3v) is 4.35. The lowest BCUT2D eigenvalue weighted by molar-refractivity contribution is -0.00956. The molecular weight excluding hydrogens is 224 g/mol. The number of hydrogen-bond donors (Lipinski definition) is 1. The maximum atomic E-state index is 5.88. The number of ether oxygens (including phenoxy) is 1. The molecule has 106 valence electrons. The lowest BCUT2D eigenvalue weighted by Gasteiger charge is -2.35. The summed E-state index contributed by atoms with van der Waals surface area (Å²) in [5, 5.41) is 3.69. The van der Waals surface area contributed by atoms with Crippen LogP contribution in [0, 0.1) is 5.92 Å². The first kappa shape index (κ1) is 14.3. The van der Waals surface area contributed by atoms with Crippen LogP contribution >= 0.6 is 0 Å². The molecule has 0 aromatic heterocycles. The van der Waals surface area contributed by atoms with Gasteiger partial charge in [-0.2, -0.15) is 0 Å². The van der Waals surface area contributed by atoms with E-state index >= 15 is 0 Å². The minimum absolute atomic E-state index is 0.499. The minimum Gasteiger partial charge on any atom is -0.377 e. The van der Waals surface area contributed by atoms with E-state index in [1.54, 1.807) is 0 Å². The molecule has 2 heterocycles. The van der Waals surface area contributed by atoms with Crippen molar-refractivity contribution in [1.29, 1.82) is 0 Å². The van der Waals surface area contributed by atoms with E-state index in [0.29, 0.717) is 12.1 Å². The molecule has 2 aliphatic rings. The molecule has 2 fully saturated rings. The molecule has 0 saturated carbocycles. The standard InChI is InChI=1S/C15H30N2O/c1-3-14-7-8-17(11-13(2)10-16-14)12-15-6-4-5-9-18-15/h13-16H,3-12H2,1-2H3. The van der Waals surface area contributed by atoms with E-state index in [4.69, 9.17) is 4.74 Å². The normalized spacial score (nSPS) is 36.0. The zero-order valence-corrected chi connectivity index (χ0v) is 12.2. The third-order valence-electron chi connectivity index (χ3n) is 4.35. The zero-order valence-electron chi connectivity index (χ0n) is 12.2. The van der Waals surface area contributed by atoms with Crippen LogP contribution in [-0.2, 0) is 4.74 Å². The molecule has 0 aliphatic carbocycles.